The maximum Gasteiger partial charge on any atom is 1.00 e. The molecule has 0 aromatic heterocycles. The van der Waals surface area contributed by atoms with Gasteiger partial charge in [0.15, 0.2) is 0 Å². The van der Waals surface area contributed by atoms with Gasteiger partial charge in [-0.05, 0) is 34.1 Å². The SMILES string of the molecule is C=C(C)C(=O)OC.C=C(C)CCO.C=C(C)CCOC(=O)C(=C)C.CO.[Li+].[OH-]. The van der Waals surface area contributed by atoms with Crippen LogP contribution in [0.2, 0.25) is 0 Å². The molecule has 0 saturated carbocycles. The van der Waals surface area contributed by atoms with Crippen molar-refractivity contribution in [2.24, 2.45) is 0 Å². The van der Waals surface area contributed by atoms with Gasteiger partial charge in [0.05, 0.1) is 13.7 Å². The molecule has 0 fully saturated rings. The molecule has 0 aliphatic carbocycles. The van der Waals surface area contributed by atoms with Crippen molar-refractivity contribution in [1.82, 2.24) is 0 Å². The molecule has 0 amide bonds. The Kier molecular flexibility index (Phi) is 44.0. The van der Waals surface area contributed by atoms with Crippen LogP contribution in [0.15, 0.2) is 48.6 Å². The second kappa shape index (κ2) is 30.1. The van der Waals surface area contributed by atoms with Crippen molar-refractivity contribution in [2.45, 2.75) is 40.5 Å². The van der Waals surface area contributed by atoms with Gasteiger partial charge in [0.25, 0.3) is 0 Å². The first-order chi connectivity index (χ1) is 12.0. The number of hydrogen-bond donors (Lipinski definition) is 2. The average molecular weight is 396 g/mol. The quantitative estimate of drug-likeness (QED) is 0.272. The van der Waals surface area contributed by atoms with Crippen molar-refractivity contribution in [3.63, 3.8) is 0 Å². The molecule has 0 aliphatic rings. The zero-order chi connectivity index (χ0) is 21.7. The van der Waals surface area contributed by atoms with Crippen LogP contribution in [-0.4, -0.2) is 55.1 Å². The largest absolute Gasteiger partial charge is 1.00 e. The topological polar surface area (TPSA) is 123 Å². The van der Waals surface area contributed by atoms with Crippen LogP contribution in [0.25, 0.3) is 0 Å². The Labute approximate surface area is 182 Å². The first kappa shape index (κ1) is 40.9. The van der Waals surface area contributed by atoms with Crippen LogP contribution in [0.1, 0.15) is 40.5 Å². The predicted octanol–water partition coefficient (Wildman–Crippen LogP) is 0.188. The fraction of sp³-hybridized carbons (Fsp3) is 0.500. The maximum atomic E-state index is 10.8. The number of rotatable bonds is 7. The molecule has 0 saturated heterocycles. The second-order valence-corrected chi connectivity index (χ2v) is 5.33. The van der Waals surface area contributed by atoms with Crippen LogP contribution in [0.4, 0.5) is 0 Å². The van der Waals surface area contributed by atoms with Crippen LogP contribution in [0.3, 0.4) is 0 Å². The molecule has 0 aliphatic heterocycles. The van der Waals surface area contributed by atoms with Crippen molar-refractivity contribution < 1.29 is 53.6 Å². The van der Waals surface area contributed by atoms with E-state index in [0.29, 0.717) is 17.8 Å². The van der Waals surface area contributed by atoms with E-state index in [1.807, 2.05) is 13.8 Å². The van der Waals surface area contributed by atoms with Crippen molar-refractivity contribution in [3.8, 4) is 0 Å². The minimum absolute atomic E-state index is 0. The van der Waals surface area contributed by atoms with Gasteiger partial charge in [0, 0.05) is 31.3 Å². The molecule has 0 unspecified atom stereocenters. The van der Waals surface area contributed by atoms with E-state index in [0.717, 1.165) is 31.1 Å². The molecule has 8 heteroatoms. The molecule has 3 N–H and O–H groups in total. The monoisotopic (exact) mass is 396 g/mol. The zero-order valence-electron chi connectivity index (χ0n) is 18.6. The Morgan fingerprint density at radius 2 is 1.18 bits per heavy atom. The minimum atomic E-state index is -0.347. The predicted molar refractivity (Wildman–Crippen MR) is 109 cm³/mol. The number of hydrogen-bond acceptors (Lipinski definition) is 7. The molecule has 0 aromatic rings. The summed E-state index contributed by atoms with van der Waals surface area (Å²) in [6.07, 6.45) is 1.46. The van der Waals surface area contributed by atoms with E-state index in [4.69, 9.17) is 14.9 Å². The van der Waals surface area contributed by atoms with E-state index < -0.39 is 0 Å². The fourth-order valence-electron chi connectivity index (χ4n) is 0.806. The van der Waals surface area contributed by atoms with Gasteiger partial charge in [-0.1, -0.05) is 24.3 Å². The zero-order valence-corrected chi connectivity index (χ0v) is 18.6. The van der Waals surface area contributed by atoms with Gasteiger partial charge in [-0.15, -0.1) is 13.2 Å². The van der Waals surface area contributed by atoms with E-state index in [2.05, 4.69) is 31.1 Å². The summed E-state index contributed by atoms with van der Waals surface area (Å²) in [6, 6.07) is 0. The van der Waals surface area contributed by atoms with Crippen molar-refractivity contribution in [1.29, 1.82) is 0 Å². The van der Waals surface area contributed by atoms with Gasteiger partial charge in [0.1, 0.15) is 0 Å². The van der Waals surface area contributed by atoms with Gasteiger partial charge in [-0.2, -0.15) is 0 Å². The van der Waals surface area contributed by atoms with Gasteiger partial charge >= 0.3 is 30.8 Å². The Morgan fingerprint density at radius 3 is 1.32 bits per heavy atom. The molecule has 160 valence electrons. The number of esters is 2. The first-order valence-corrected chi connectivity index (χ1v) is 7.90. The Hall–Kier alpha value is -1.62. The summed E-state index contributed by atoms with van der Waals surface area (Å²) >= 11 is 0. The van der Waals surface area contributed by atoms with Crippen molar-refractivity contribution >= 4 is 11.9 Å². The summed E-state index contributed by atoms with van der Waals surface area (Å²) in [5.74, 6) is -0.675. The van der Waals surface area contributed by atoms with Gasteiger partial charge in [0.2, 0.25) is 0 Å². The Balaban J connectivity index is -0.0000000627. The summed E-state index contributed by atoms with van der Waals surface area (Å²) in [5, 5.41) is 15.2. The molecule has 0 bridgehead atoms. The molecule has 28 heavy (non-hydrogen) atoms. The number of aliphatic hydroxyl groups excluding tert-OH is 2. The molecule has 0 rings (SSSR count). The van der Waals surface area contributed by atoms with Crippen LogP contribution in [0.5, 0.6) is 0 Å². The summed E-state index contributed by atoms with van der Waals surface area (Å²) in [7, 11) is 2.33. The van der Waals surface area contributed by atoms with Crippen molar-refractivity contribution in [3.05, 3.63) is 48.6 Å². The Morgan fingerprint density at radius 1 is 0.821 bits per heavy atom. The first-order valence-electron chi connectivity index (χ1n) is 7.90. The molecule has 7 nitrogen and oxygen atoms in total. The van der Waals surface area contributed by atoms with E-state index in [1.165, 1.54) is 7.11 Å². The molecule has 0 aromatic carbocycles. The third-order valence-corrected chi connectivity index (χ3v) is 2.18. The van der Waals surface area contributed by atoms with E-state index in [1.54, 1.807) is 13.8 Å². The van der Waals surface area contributed by atoms with E-state index >= 15 is 0 Å². The minimum Gasteiger partial charge on any atom is -0.870 e. The number of carbonyl (C=O) groups excluding carboxylic acids is 2. The molecule has 0 spiro atoms. The standard InChI is InChI=1S/C9H14O2.C5H8O2.C5H10O.CH4O.Li.H2O/c1-7(2)5-6-11-9(10)8(3)4;1-4(2)5(6)7-3;1-5(2)3-4-6;1-2;;/h1,3,5-6H2,2,4H3;1H2,2-3H3;6H,1,3-4H2,2H3;2H,1H3;;1H2/q;;;;+1;/p-1. The third-order valence-electron chi connectivity index (χ3n) is 2.18. The van der Waals surface area contributed by atoms with Crippen LogP contribution in [-0.2, 0) is 19.1 Å². The summed E-state index contributed by atoms with van der Waals surface area (Å²) in [4.78, 5) is 21.0. The van der Waals surface area contributed by atoms with Crippen LogP contribution >= 0.6 is 0 Å². The number of methoxy groups -OCH3 is 1. The normalized spacial score (nSPS) is 7.43. The average Bonchev–Trinajstić information content (AvgIpc) is 2.56. The third kappa shape index (κ3) is 44.1. The van der Waals surface area contributed by atoms with Gasteiger partial charge in [-0.25, -0.2) is 9.59 Å². The van der Waals surface area contributed by atoms with Gasteiger partial charge in [-0.3, -0.25) is 0 Å². The summed E-state index contributed by atoms with van der Waals surface area (Å²) in [5.41, 5.74) is 2.92. The van der Waals surface area contributed by atoms with E-state index in [9.17, 15) is 9.59 Å². The summed E-state index contributed by atoms with van der Waals surface area (Å²) in [6.45, 7) is 21.7. The molecule has 0 radical (unpaired) electrons. The number of aliphatic hydroxyl groups is 2. The van der Waals surface area contributed by atoms with Crippen LogP contribution < -0.4 is 18.9 Å². The van der Waals surface area contributed by atoms with E-state index in [-0.39, 0.29) is 42.9 Å². The second-order valence-electron chi connectivity index (χ2n) is 5.33. The molecular weight excluding hydrogens is 359 g/mol. The molecular formula is C20H37LiO7. The van der Waals surface area contributed by atoms with Crippen molar-refractivity contribution in [2.75, 3.05) is 27.4 Å². The smallest absolute Gasteiger partial charge is 0.870 e. The molecule has 0 heterocycles. The molecule has 0 atom stereocenters. The van der Waals surface area contributed by atoms with Crippen LogP contribution in [0, 0.1) is 0 Å². The summed E-state index contributed by atoms with van der Waals surface area (Å²) < 4.78 is 9.09. The number of carbonyl (C=O) groups is 2. The van der Waals surface area contributed by atoms with Gasteiger partial charge < -0.3 is 25.2 Å². The fourth-order valence-corrected chi connectivity index (χ4v) is 0.806. The number of ether oxygens (including phenoxy) is 2. The Bertz CT molecular complexity index is 457. The maximum absolute atomic E-state index is 10.8.